The molecule has 0 aromatic carbocycles. The highest BCUT2D eigenvalue weighted by molar-refractivity contribution is 14.2. The highest BCUT2D eigenvalue weighted by atomic mass is 127. The number of carbonyl (C=O) groups is 1. The highest BCUT2D eigenvalue weighted by Crippen LogP contribution is 2.34. The molecule has 112 valence electrons. The number of piperazine rings is 1. The second-order valence-electron chi connectivity index (χ2n) is 4.62. The summed E-state index contributed by atoms with van der Waals surface area (Å²) in [4.78, 5) is 18.5. The fraction of sp³-hybridized carbons (Fsp3) is 0.417. The standard InChI is InChI=1S/C12H15IN5O2P/c1-20-12(19)10-11-8(6-16-18(11)21-13)9(7-15-10)17-4-2-14-3-5-17/h6-7,14,21H,2-5H2,1H3. The van der Waals surface area contributed by atoms with Crippen molar-refractivity contribution in [2.45, 2.75) is 0 Å². The number of pyridine rings is 1. The first kappa shape index (κ1) is 14.9. The van der Waals surface area contributed by atoms with Gasteiger partial charge in [0.15, 0.2) is 5.69 Å². The zero-order valence-electron chi connectivity index (χ0n) is 11.5. The van der Waals surface area contributed by atoms with Crippen LogP contribution in [-0.4, -0.2) is 53.8 Å². The molecule has 2 aromatic rings. The van der Waals surface area contributed by atoms with Crippen molar-refractivity contribution in [3.8, 4) is 0 Å². The van der Waals surface area contributed by atoms with E-state index in [1.807, 2.05) is 6.20 Å². The van der Waals surface area contributed by atoms with Crippen molar-refractivity contribution < 1.29 is 9.53 Å². The van der Waals surface area contributed by atoms with Gasteiger partial charge in [0.25, 0.3) is 0 Å². The number of fused-ring (bicyclic) bond motifs is 1. The Labute approximate surface area is 136 Å². The molecule has 3 heterocycles. The summed E-state index contributed by atoms with van der Waals surface area (Å²) in [5.41, 5.74) is 2.11. The minimum Gasteiger partial charge on any atom is -0.464 e. The van der Waals surface area contributed by atoms with Crippen LogP contribution < -0.4 is 10.2 Å². The van der Waals surface area contributed by atoms with E-state index in [1.165, 1.54) is 7.11 Å². The summed E-state index contributed by atoms with van der Waals surface area (Å²) in [6.45, 7) is 3.74. The maximum atomic E-state index is 11.9. The molecule has 1 atom stereocenters. The van der Waals surface area contributed by atoms with Gasteiger partial charge in [0, 0.05) is 31.6 Å². The van der Waals surface area contributed by atoms with Crippen LogP contribution in [0.1, 0.15) is 10.5 Å². The summed E-state index contributed by atoms with van der Waals surface area (Å²) < 4.78 is 6.64. The number of aromatic nitrogens is 3. The predicted octanol–water partition coefficient (Wildman–Crippen LogP) is 1.42. The molecule has 1 saturated heterocycles. The largest absolute Gasteiger partial charge is 0.464 e. The topological polar surface area (TPSA) is 72.3 Å². The maximum Gasteiger partial charge on any atom is 0.358 e. The van der Waals surface area contributed by atoms with Crippen molar-refractivity contribution in [1.29, 1.82) is 0 Å². The molecule has 0 amide bonds. The van der Waals surface area contributed by atoms with E-state index in [0.717, 1.165) is 42.8 Å². The molecule has 0 saturated carbocycles. The number of halogens is 1. The molecule has 0 spiro atoms. The van der Waals surface area contributed by atoms with Crippen molar-refractivity contribution in [1.82, 2.24) is 19.9 Å². The minimum atomic E-state index is -0.428. The van der Waals surface area contributed by atoms with Gasteiger partial charge in [0.2, 0.25) is 0 Å². The summed E-state index contributed by atoms with van der Waals surface area (Å²) in [5, 5.41) is 8.66. The number of hydrogen-bond donors (Lipinski definition) is 1. The minimum absolute atomic E-state index is 0.327. The number of carbonyl (C=O) groups excluding carboxylic acids is 1. The fourth-order valence-corrected chi connectivity index (χ4v) is 4.00. The second kappa shape index (κ2) is 6.41. The van der Waals surface area contributed by atoms with Crippen molar-refractivity contribution in [3.63, 3.8) is 0 Å². The first-order valence-corrected chi connectivity index (χ1v) is 10.6. The average molecular weight is 419 g/mol. The highest BCUT2D eigenvalue weighted by Gasteiger charge is 2.22. The molecule has 1 unspecified atom stereocenters. The Hall–Kier alpha value is -0.990. The third-order valence-corrected chi connectivity index (χ3v) is 5.37. The molecule has 3 rings (SSSR count). The van der Waals surface area contributed by atoms with Crippen LogP contribution in [0.5, 0.6) is 0 Å². The first-order chi connectivity index (χ1) is 10.3. The number of rotatable bonds is 3. The summed E-state index contributed by atoms with van der Waals surface area (Å²) in [7, 11) is 1.37. The second-order valence-corrected chi connectivity index (χ2v) is 6.66. The number of esters is 1. The van der Waals surface area contributed by atoms with Crippen LogP contribution in [0.4, 0.5) is 5.69 Å². The SMILES string of the molecule is COC(=O)c1ncc(N2CCNCC2)c2cnn(PI)c12. The fourth-order valence-electron chi connectivity index (χ4n) is 2.49. The molecule has 1 N–H and O–H groups in total. The Bertz CT molecular complexity index is 671. The lowest BCUT2D eigenvalue weighted by Gasteiger charge is -2.29. The van der Waals surface area contributed by atoms with Gasteiger partial charge in [0.1, 0.15) is 5.52 Å². The van der Waals surface area contributed by atoms with Crippen LogP contribution in [0.25, 0.3) is 10.9 Å². The van der Waals surface area contributed by atoms with Gasteiger partial charge < -0.3 is 15.0 Å². The summed E-state index contributed by atoms with van der Waals surface area (Å²) in [6, 6.07) is 0. The van der Waals surface area contributed by atoms with Gasteiger partial charge in [-0.05, 0) is 22.0 Å². The normalized spacial score (nSPS) is 16.0. The molecule has 1 aliphatic heterocycles. The molecule has 7 nitrogen and oxygen atoms in total. The van der Waals surface area contributed by atoms with Crippen LogP contribution in [0, 0.1) is 0 Å². The van der Waals surface area contributed by atoms with Gasteiger partial charge in [-0.2, -0.15) is 5.10 Å². The summed E-state index contributed by atoms with van der Waals surface area (Å²) >= 11 is 2.24. The Morgan fingerprint density at radius 3 is 2.86 bits per heavy atom. The molecule has 21 heavy (non-hydrogen) atoms. The van der Waals surface area contributed by atoms with E-state index < -0.39 is 5.97 Å². The van der Waals surface area contributed by atoms with Crippen molar-refractivity contribution >= 4 is 51.0 Å². The lowest BCUT2D eigenvalue weighted by molar-refractivity contribution is 0.0596. The first-order valence-electron chi connectivity index (χ1n) is 6.53. The van der Waals surface area contributed by atoms with E-state index in [0.29, 0.717) is 12.1 Å². The van der Waals surface area contributed by atoms with Gasteiger partial charge in [0.05, 0.1) is 31.6 Å². The predicted molar refractivity (Wildman–Crippen MR) is 91.7 cm³/mol. The third-order valence-electron chi connectivity index (χ3n) is 3.50. The van der Waals surface area contributed by atoms with Crippen LogP contribution in [0.15, 0.2) is 12.4 Å². The Morgan fingerprint density at radius 2 is 2.19 bits per heavy atom. The molecule has 1 aliphatic rings. The Balaban J connectivity index is 2.15. The van der Waals surface area contributed by atoms with Crippen LogP contribution >= 0.6 is 28.4 Å². The number of methoxy groups -OCH3 is 1. The number of nitrogens with one attached hydrogen (secondary N) is 1. The number of hydrogen-bond acceptors (Lipinski definition) is 6. The van der Waals surface area contributed by atoms with Crippen LogP contribution in [-0.2, 0) is 4.74 Å². The molecule has 1 fully saturated rings. The molecular weight excluding hydrogens is 404 g/mol. The Kier molecular flexibility index (Phi) is 4.56. The third kappa shape index (κ3) is 2.72. The van der Waals surface area contributed by atoms with Gasteiger partial charge in [-0.3, -0.25) is 0 Å². The van der Waals surface area contributed by atoms with Crippen LogP contribution in [0.3, 0.4) is 0 Å². The van der Waals surface area contributed by atoms with Gasteiger partial charge in [-0.15, -0.1) is 0 Å². The number of nitrogens with zero attached hydrogens (tertiary/aromatic N) is 4. The maximum absolute atomic E-state index is 11.9. The zero-order chi connectivity index (χ0) is 14.8. The number of ether oxygens (including phenoxy) is 1. The zero-order valence-corrected chi connectivity index (χ0v) is 14.6. The average Bonchev–Trinajstić information content (AvgIpc) is 2.98. The molecule has 9 heteroatoms. The lowest BCUT2D eigenvalue weighted by atomic mass is 10.2. The van der Waals surface area contributed by atoms with Gasteiger partial charge >= 0.3 is 5.97 Å². The van der Waals surface area contributed by atoms with Crippen molar-refractivity contribution in [3.05, 3.63) is 18.1 Å². The lowest BCUT2D eigenvalue weighted by Crippen LogP contribution is -2.43. The molecule has 0 aliphatic carbocycles. The van der Waals surface area contributed by atoms with E-state index in [-0.39, 0.29) is 0 Å². The monoisotopic (exact) mass is 419 g/mol. The summed E-state index contributed by atoms with van der Waals surface area (Å²) in [5.74, 6) is -0.428. The molecule has 0 radical (unpaired) electrons. The van der Waals surface area contributed by atoms with Gasteiger partial charge in [-0.25, -0.2) is 14.2 Å². The summed E-state index contributed by atoms with van der Waals surface area (Å²) in [6.07, 6.45) is 3.97. The van der Waals surface area contributed by atoms with Crippen LogP contribution in [0.2, 0.25) is 0 Å². The van der Waals surface area contributed by atoms with E-state index in [4.69, 9.17) is 4.74 Å². The molecule has 2 aromatic heterocycles. The Morgan fingerprint density at radius 1 is 1.43 bits per heavy atom. The molecular formula is C12H15IN5O2P. The van der Waals surface area contributed by atoms with Crippen molar-refractivity contribution in [2.75, 3.05) is 38.2 Å². The van der Waals surface area contributed by atoms with E-state index in [9.17, 15) is 4.79 Å². The number of anilines is 1. The smallest absolute Gasteiger partial charge is 0.358 e. The van der Waals surface area contributed by atoms with Gasteiger partial charge in [-0.1, -0.05) is 0 Å². The van der Waals surface area contributed by atoms with E-state index in [1.54, 1.807) is 10.6 Å². The quantitative estimate of drug-likeness (QED) is 0.461. The van der Waals surface area contributed by atoms with E-state index >= 15 is 0 Å². The van der Waals surface area contributed by atoms with E-state index in [2.05, 4.69) is 42.3 Å². The molecule has 0 bridgehead atoms. The van der Waals surface area contributed by atoms with Crippen molar-refractivity contribution in [2.24, 2.45) is 0 Å².